The summed E-state index contributed by atoms with van der Waals surface area (Å²) < 4.78 is 42.9. The van der Waals surface area contributed by atoms with Gasteiger partial charge in [-0.25, -0.2) is 22.8 Å². The predicted molar refractivity (Wildman–Crippen MR) is 141 cm³/mol. The number of halogens is 2. The van der Waals surface area contributed by atoms with Crippen molar-refractivity contribution in [3.63, 3.8) is 0 Å². The quantitative estimate of drug-likeness (QED) is 0.420. The first-order valence-corrected chi connectivity index (χ1v) is 15.1. The van der Waals surface area contributed by atoms with Gasteiger partial charge in [0.05, 0.1) is 36.2 Å². The Hall–Kier alpha value is -2.46. The Kier molecular flexibility index (Phi) is 8.90. The summed E-state index contributed by atoms with van der Waals surface area (Å²) in [4.78, 5) is 24.5. The number of amides is 1. The molecular weight excluding hydrogens is 519 g/mol. The van der Waals surface area contributed by atoms with Crippen molar-refractivity contribution >= 4 is 33.3 Å². The fourth-order valence-corrected chi connectivity index (χ4v) is 5.69. The van der Waals surface area contributed by atoms with Crippen molar-refractivity contribution < 1.29 is 22.3 Å². The van der Waals surface area contributed by atoms with Gasteiger partial charge in [-0.05, 0) is 55.1 Å². The van der Waals surface area contributed by atoms with E-state index in [2.05, 4.69) is 14.9 Å². The number of likely N-dealkylation sites (N-methyl/N-ethyl adjacent to an activating group) is 1. The van der Waals surface area contributed by atoms with Gasteiger partial charge in [-0.2, -0.15) is 0 Å². The van der Waals surface area contributed by atoms with Gasteiger partial charge in [-0.1, -0.05) is 17.7 Å². The Morgan fingerprint density at radius 1 is 1.24 bits per heavy atom. The fourth-order valence-electron chi connectivity index (χ4n) is 4.99. The van der Waals surface area contributed by atoms with Gasteiger partial charge in [0.1, 0.15) is 21.4 Å². The Bertz CT molecular complexity index is 1190. The van der Waals surface area contributed by atoms with E-state index in [0.29, 0.717) is 29.2 Å². The number of piperidine rings is 1. The van der Waals surface area contributed by atoms with E-state index in [1.807, 2.05) is 0 Å². The highest BCUT2D eigenvalue weighted by Gasteiger charge is 2.43. The first-order valence-electron chi connectivity index (χ1n) is 12.6. The average molecular weight is 553 g/mol. The summed E-state index contributed by atoms with van der Waals surface area (Å²) >= 11 is 5.88. The van der Waals surface area contributed by atoms with Crippen LogP contribution in [0.2, 0.25) is 5.02 Å². The summed E-state index contributed by atoms with van der Waals surface area (Å²) in [5.41, 5.74) is 0.265. The second kappa shape index (κ2) is 11.9. The van der Waals surface area contributed by atoms with E-state index in [9.17, 15) is 17.6 Å². The molecule has 8 nitrogen and oxygen atoms in total. The van der Waals surface area contributed by atoms with Crippen LogP contribution in [-0.2, 0) is 21.1 Å². The van der Waals surface area contributed by atoms with Crippen molar-refractivity contribution in [1.29, 1.82) is 0 Å². The van der Waals surface area contributed by atoms with Crippen molar-refractivity contribution in [2.75, 3.05) is 50.2 Å². The van der Waals surface area contributed by atoms with Crippen molar-refractivity contribution in [2.24, 2.45) is 17.8 Å². The molecule has 2 fully saturated rings. The smallest absolute Gasteiger partial charge is 0.226 e. The number of carbonyl (C=O) groups excluding carboxylic acids is 1. The van der Waals surface area contributed by atoms with E-state index in [4.69, 9.17) is 16.3 Å². The van der Waals surface area contributed by atoms with Crippen molar-refractivity contribution in [2.45, 2.75) is 32.1 Å². The molecule has 0 bridgehead atoms. The normalized spacial score (nSPS) is 20.1. The molecule has 1 aliphatic carbocycles. The fraction of sp³-hybridized carbons (Fsp3) is 0.577. The van der Waals surface area contributed by atoms with Crippen LogP contribution in [0.3, 0.4) is 0 Å². The molecule has 2 aromatic rings. The summed E-state index contributed by atoms with van der Waals surface area (Å²) in [6.07, 6.45) is 8.68. The Morgan fingerprint density at radius 2 is 1.95 bits per heavy atom. The van der Waals surface area contributed by atoms with Gasteiger partial charge in [-0.3, -0.25) is 4.79 Å². The molecule has 2 aliphatic rings. The predicted octanol–water partition coefficient (Wildman–Crippen LogP) is 3.64. The maximum Gasteiger partial charge on any atom is 0.226 e. The van der Waals surface area contributed by atoms with Crippen molar-refractivity contribution in [3.8, 4) is 5.75 Å². The molecule has 4 rings (SSSR count). The highest BCUT2D eigenvalue weighted by molar-refractivity contribution is 7.90. The van der Waals surface area contributed by atoms with Gasteiger partial charge in [0.25, 0.3) is 0 Å². The minimum Gasteiger partial charge on any atom is -0.493 e. The lowest BCUT2D eigenvalue weighted by atomic mass is 9.90. The number of hydrogen-bond acceptors (Lipinski definition) is 7. The number of ether oxygens (including phenoxy) is 1. The summed E-state index contributed by atoms with van der Waals surface area (Å²) in [7, 11) is -1.65. The SMILES string of the molecule is CN(CCS(C)(=O)=O)C(=O)Cc1ccc(OCC[C@@H]2C[C@@H]2C2CCN(c3ncc(Cl)cn3)CC2)cc1F. The molecule has 1 saturated carbocycles. The summed E-state index contributed by atoms with van der Waals surface area (Å²) in [5.74, 6) is 2.32. The Labute approximate surface area is 223 Å². The van der Waals surface area contributed by atoms with Crippen LogP contribution >= 0.6 is 11.6 Å². The minimum atomic E-state index is -3.17. The number of nitrogens with zero attached hydrogens (tertiary/aromatic N) is 4. The molecule has 0 spiro atoms. The molecular formula is C26H34ClFN4O4S. The molecule has 0 radical (unpaired) electrons. The zero-order chi connectivity index (χ0) is 26.6. The van der Waals surface area contributed by atoms with E-state index in [1.54, 1.807) is 24.5 Å². The second-order valence-corrected chi connectivity index (χ2v) is 12.9. The molecule has 1 aromatic heterocycles. The molecule has 202 valence electrons. The van der Waals surface area contributed by atoms with Crippen LogP contribution in [0, 0.1) is 23.6 Å². The Morgan fingerprint density at radius 3 is 2.59 bits per heavy atom. The first-order chi connectivity index (χ1) is 17.6. The molecule has 0 unspecified atom stereocenters. The maximum absolute atomic E-state index is 14.6. The summed E-state index contributed by atoms with van der Waals surface area (Å²) in [5, 5.41) is 0.544. The monoisotopic (exact) mass is 552 g/mol. The lowest BCUT2D eigenvalue weighted by Gasteiger charge is -2.32. The largest absolute Gasteiger partial charge is 0.493 e. The van der Waals surface area contributed by atoms with Crippen molar-refractivity contribution in [3.05, 3.63) is 47.0 Å². The maximum atomic E-state index is 14.6. The third-order valence-corrected chi connectivity index (χ3v) is 8.48. The number of benzene rings is 1. The molecule has 0 N–H and O–H groups in total. The highest BCUT2D eigenvalue weighted by Crippen LogP contribution is 2.49. The number of hydrogen-bond donors (Lipinski definition) is 0. The molecule has 11 heteroatoms. The van der Waals surface area contributed by atoms with Crippen LogP contribution in [0.5, 0.6) is 5.75 Å². The topological polar surface area (TPSA) is 92.7 Å². The van der Waals surface area contributed by atoms with Crippen LogP contribution in [0.25, 0.3) is 0 Å². The molecule has 2 heterocycles. The lowest BCUT2D eigenvalue weighted by molar-refractivity contribution is -0.128. The third kappa shape index (κ3) is 8.01. The molecule has 37 heavy (non-hydrogen) atoms. The van der Waals surface area contributed by atoms with Crippen LogP contribution < -0.4 is 9.64 Å². The molecule has 1 aromatic carbocycles. The van der Waals surface area contributed by atoms with Gasteiger partial charge in [0, 0.05) is 39.0 Å². The van der Waals surface area contributed by atoms with E-state index in [0.717, 1.165) is 50.5 Å². The molecule has 2 atom stereocenters. The highest BCUT2D eigenvalue weighted by atomic mass is 35.5. The molecule has 1 amide bonds. The van der Waals surface area contributed by atoms with Gasteiger partial charge < -0.3 is 14.5 Å². The van der Waals surface area contributed by atoms with Gasteiger partial charge >= 0.3 is 0 Å². The second-order valence-electron chi connectivity index (χ2n) is 10.2. The van der Waals surface area contributed by atoms with Crippen LogP contribution in [0.4, 0.5) is 10.3 Å². The van der Waals surface area contributed by atoms with Crippen LogP contribution in [-0.4, -0.2) is 74.5 Å². The summed E-state index contributed by atoms with van der Waals surface area (Å²) in [6, 6.07) is 4.56. The number of carbonyl (C=O) groups is 1. The number of sulfone groups is 1. The average Bonchev–Trinajstić information content (AvgIpc) is 3.64. The van der Waals surface area contributed by atoms with Crippen molar-refractivity contribution in [1.82, 2.24) is 14.9 Å². The summed E-state index contributed by atoms with van der Waals surface area (Å²) in [6.45, 7) is 2.52. The molecule has 1 aliphatic heterocycles. The van der Waals surface area contributed by atoms with Gasteiger partial charge in [-0.15, -0.1) is 0 Å². The Balaban J connectivity index is 1.16. The van der Waals surface area contributed by atoms with Gasteiger partial charge in [0.15, 0.2) is 0 Å². The zero-order valence-electron chi connectivity index (χ0n) is 21.3. The third-order valence-electron chi connectivity index (χ3n) is 7.36. The number of anilines is 1. The van der Waals surface area contributed by atoms with E-state index in [-0.39, 0.29) is 30.2 Å². The zero-order valence-corrected chi connectivity index (χ0v) is 22.8. The van der Waals surface area contributed by atoms with Crippen LogP contribution in [0.1, 0.15) is 31.2 Å². The number of aromatic nitrogens is 2. The standard InChI is InChI=1S/C26H34ClFN4O4S/c1-31(10-12-37(2,34)35)25(33)14-20-3-4-22(15-24(20)28)36-11-7-19-13-23(19)18-5-8-32(9-6-18)26-29-16-21(27)17-30-26/h3-4,15-19,23H,5-14H2,1-2H3/t19-,23-/m1/s1. The lowest BCUT2D eigenvalue weighted by Crippen LogP contribution is -2.35. The number of rotatable bonds is 11. The van der Waals surface area contributed by atoms with E-state index >= 15 is 0 Å². The van der Waals surface area contributed by atoms with E-state index in [1.165, 1.54) is 24.4 Å². The minimum absolute atomic E-state index is 0.0819. The molecule has 1 saturated heterocycles. The van der Waals surface area contributed by atoms with E-state index < -0.39 is 15.7 Å². The van der Waals surface area contributed by atoms with Gasteiger partial charge in [0.2, 0.25) is 11.9 Å². The van der Waals surface area contributed by atoms with Crippen LogP contribution in [0.15, 0.2) is 30.6 Å². The first kappa shape index (κ1) is 27.6.